The number of nitrogens with one attached hydrogen (secondary N) is 1. The van der Waals surface area contributed by atoms with Crippen LogP contribution in [0.2, 0.25) is 0 Å². The van der Waals surface area contributed by atoms with Crippen LogP contribution in [0.4, 0.5) is 5.69 Å². The Morgan fingerprint density at radius 1 is 1.33 bits per heavy atom. The van der Waals surface area contributed by atoms with Crippen molar-refractivity contribution in [1.29, 1.82) is 0 Å². The van der Waals surface area contributed by atoms with Crippen molar-refractivity contribution in [3.8, 4) is 0 Å². The Balaban J connectivity index is 1.88. The number of nitro groups is 1. The van der Waals surface area contributed by atoms with Crippen molar-refractivity contribution in [2.75, 3.05) is 6.54 Å². The molecule has 116 valence electrons. The summed E-state index contributed by atoms with van der Waals surface area (Å²) in [6, 6.07) is 6.62. The molecule has 0 saturated heterocycles. The van der Waals surface area contributed by atoms with Crippen molar-refractivity contribution >= 4 is 5.69 Å². The topological polar surface area (TPSA) is 75.4 Å². The van der Waals surface area contributed by atoms with Gasteiger partial charge in [0.25, 0.3) is 5.69 Å². The Hall–Kier alpha value is -1.46. The highest BCUT2D eigenvalue weighted by atomic mass is 16.6. The molecule has 0 radical (unpaired) electrons. The van der Waals surface area contributed by atoms with E-state index < -0.39 is 11.0 Å². The smallest absolute Gasteiger partial charge is 0.269 e. The van der Waals surface area contributed by atoms with Crippen molar-refractivity contribution in [2.45, 2.75) is 51.2 Å². The lowest BCUT2D eigenvalue weighted by Crippen LogP contribution is -2.40. The fourth-order valence-electron chi connectivity index (χ4n) is 3.16. The maximum absolute atomic E-state index is 10.6. The molecule has 1 aromatic rings. The van der Waals surface area contributed by atoms with Gasteiger partial charge in [-0.25, -0.2) is 0 Å². The van der Waals surface area contributed by atoms with Crippen LogP contribution in [0.3, 0.4) is 0 Å². The molecule has 3 atom stereocenters. The van der Waals surface area contributed by atoms with Gasteiger partial charge in [0.05, 0.1) is 11.0 Å². The van der Waals surface area contributed by atoms with Gasteiger partial charge in [0.1, 0.15) is 0 Å². The second kappa shape index (κ2) is 7.52. The lowest BCUT2D eigenvalue weighted by atomic mass is 9.83. The molecule has 1 aromatic carbocycles. The highest BCUT2D eigenvalue weighted by Crippen LogP contribution is 2.27. The monoisotopic (exact) mass is 292 g/mol. The molecular weight excluding hydrogens is 268 g/mol. The molecule has 1 fully saturated rings. The molecule has 0 bridgehead atoms. The van der Waals surface area contributed by atoms with E-state index in [1.807, 2.05) is 0 Å². The van der Waals surface area contributed by atoms with Crippen molar-refractivity contribution < 1.29 is 10.0 Å². The SMILES string of the molecule is CCC1CCCCC1NCC(O)c1ccc([N+](=O)[O-])cc1. The molecule has 1 aliphatic carbocycles. The van der Waals surface area contributed by atoms with Gasteiger partial charge in [0, 0.05) is 24.7 Å². The number of nitro benzene ring substituents is 1. The lowest BCUT2D eigenvalue weighted by Gasteiger charge is -2.32. The third kappa shape index (κ3) is 4.25. The zero-order valence-electron chi connectivity index (χ0n) is 12.5. The summed E-state index contributed by atoms with van der Waals surface area (Å²) in [5, 5.41) is 24.3. The summed E-state index contributed by atoms with van der Waals surface area (Å²) in [5.74, 6) is 0.697. The van der Waals surface area contributed by atoms with E-state index >= 15 is 0 Å². The molecule has 0 spiro atoms. The van der Waals surface area contributed by atoms with Gasteiger partial charge >= 0.3 is 0 Å². The largest absolute Gasteiger partial charge is 0.387 e. The van der Waals surface area contributed by atoms with E-state index in [-0.39, 0.29) is 5.69 Å². The second-order valence-corrected chi connectivity index (χ2v) is 5.83. The Labute approximate surface area is 125 Å². The average Bonchev–Trinajstić information content (AvgIpc) is 2.52. The van der Waals surface area contributed by atoms with Crippen LogP contribution in [0, 0.1) is 16.0 Å². The normalized spacial score (nSPS) is 23.7. The molecule has 0 aliphatic heterocycles. The van der Waals surface area contributed by atoms with Crippen LogP contribution in [0.1, 0.15) is 50.7 Å². The van der Waals surface area contributed by atoms with E-state index in [2.05, 4.69) is 12.2 Å². The van der Waals surface area contributed by atoms with Crippen molar-refractivity contribution in [3.63, 3.8) is 0 Å². The summed E-state index contributed by atoms with van der Waals surface area (Å²) in [6.45, 7) is 2.72. The Morgan fingerprint density at radius 2 is 2.00 bits per heavy atom. The minimum absolute atomic E-state index is 0.0530. The summed E-state index contributed by atoms with van der Waals surface area (Å²) >= 11 is 0. The molecule has 1 saturated carbocycles. The van der Waals surface area contributed by atoms with Gasteiger partial charge < -0.3 is 10.4 Å². The Bertz CT molecular complexity index is 461. The predicted octanol–water partition coefficient (Wildman–Crippen LogP) is 3.19. The molecule has 2 N–H and O–H groups in total. The number of aliphatic hydroxyl groups is 1. The first-order chi connectivity index (χ1) is 10.1. The minimum atomic E-state index is -0.620. The summed E-state index contributed by atoms with van der Waals surface area (Å²) in [4.78, 5) is 10.2. The fraction of sp³-hybridized carbons (Fsp3) is 0.625. The minimum Gasteiger partial charge on any atom is -0.387 e. The van der Waals surface area contributed by atoms with Crippen molar-refractivity contribution in [2.24, 2.45) is 5.92 Å². The van der Waals surface area contributed by atoms with Crippen LogP contribution in [0.5, 0.6) is 0 Å². The lowest BCUT2D eigenvalue weighted by molar-refractivity contribution is -0.384. The van der Waals surface area contributed by atoms with Gasteiger partial charge in [-0.2, -0.15) is 0 Å². The zero-order valence-corrected chi connectivity index (χ0v) is 12.5. The van der Waals surface area contributed by atoms with Crippen LogP contribution in [-0.2, 0) is 0 Å². The molecule has 0 aromatic heterocycles. The molecule has 21 heavy (non-hydrogen) atoms. The highest BCUT2D eigenvalue weighted by molar-refractivity contribution is 5.33. The van der Waals surface area contributed by atoms with E-state index in [1.54, 1.807) is 12.1 Å². The Morgan fingerprint density at radius 3 is 2.62 bits per heavy atom. The van der Waals surface area contributed by atoms with Gasteiger partial charge in [-0.1, -0.05) is 26.2 Å². The number of hydrogen-bond acceptors (Lipinski definition) is 4. The zero-order chi connectivity index (χ0) is 15.2. The number of aliphatic hydroxyl groups excluding tert-OH is 1. The number of hydrogen-bond donors (Lipinski definition) is 2. The first-order valence-corrected chi connectivity index (χ1v) is 7.77. The molecule has 3 unspecified atom stereocenters. The first-order valence-electron chi connectivity index (χ1n) is 7.77. The summed E-state index contributed by atoms with van der Waals surface area (Å²) < 4.78 is 0. The first kappa shape index (κ1) is 15.9. The van der Waals surface area contributed by atoms with Crippen molar-refractivity contribution in [3.05, 3.63) is 39.9 Å². The quantitative estimate of drug-likeness (QED) is 0.623. The van der Waals surface area contributed by atoms with Crippen LogP contribution >= 0.6 is 0 Å². The number of rotatable bonds is 6. The summed E-state index contributed by atoms with van der Waals surface area (Å²) in [7, 11) is 0. The Kier molecular flexibility index (Phi) is 5.70. The average molecular weight is 292 g/mol. The highest BCUT2D eigenvalue weighted by Gasteiger charge is 2.23. The molecule has 1 aliphatic rings. The van der Waals surface area contributed by atoms with Gasteiger partial charge in [0.15, 0.2) is 0 Å². The maximum Gasteiger partial charge on any atom is 0.269 e. The molecular formula is C16H24N2O3. The third-order valence-electron chi connectivity index (χ3n) is 4.50. The summed E-state index contributed by atoms with van der Waals surface area (Å²) in [6.07, 6.45) is 5.55. The maximum atomic E-state index is 10.6. The van der Waals surface area contributed by atoms with E-state index in [0.717, 1.165) is 5.56 Å². The van der Waals surface area contributed by atoms with E-state index in [1.165, 1.54) is 44.2 Å². The number of nitrogens with zero attached hydrogens (tertiary/aromatic N) is 1. The van der Waals surface area contributed by atoms with Crippen LogP contribution in [0.25, 0.3) is 0 Å². The van der Waals surface area contributed by atoms with Crippen LogP contribution < -0.4 is 5.32 Å². The van der Waals surface area contributed by atoms with Gasteiger partial charge in [-0.05, 0) is 36.5 Å². The molecule has 0 amide bonds. The van der Waals surface area contributed by atoms with Gasteiger partial charge in [-0.3, -0.25) is 10.1 Å². The number of non-ortho nitro benzene ring substituents is 1. The number of benzene rings is 1. The standard InChI is InChI=1S/C16H24N2O3/c1-2-12-5-3-4-6-15(12)17-11-16(19)13-7-9-14(10-8-13)18(20)21/h7-10,12,15-17,19H,2-6,11H2,1H3. The van der Waals surface area contributed by atoms with Gasteiger partial charge in [-0.15, -0.1) is 0 Å². The molecule has 5 nitrogen and oxygen atoms in total. The fourth-order valence-corrected chi connectivity index (χ4v) is 3.16. The third-order valence-corrected chi connectivity index (χ3v) is 4.50. The second-order valence-electron chi connectivity index (χ2n) is 5.83. The van der Waals surface area contributed by atoms with E-state index in [9.17, 15) is 15.2 Å². The molecule has 2 rings (SSSR count). The van der Waals surface area contributed by atoms with Crippen LogP contribution in [0.15, 0.2) is 24.3 Å². The van der Waals surface area contributed by atoms with Crippen molar-refractivity contribution in [1.82, 2.24) is 5.32 Å². The van der Waals surface area contributed by atoms with Gasteiger partial charge in [0.2, 0.25) is 0 Å². The van der Waals surface area contributed by atoms with Crippen LogP contribution in [-0.4, -0.2) is 22.6 Å². The molecule has 0 heterocycles. The molecule has 5 heteroatoms. The van der Waals surface area contributed by atoms with E-state index in [0.29, 0.717) is 18.5 Å². The predicted molar refractivity (Wildman–Crippen MR) is 82.1 cm³/mol. The van der Waals surface area contributed by atoms with E-state index in [4.69, 9.17) is 0 Å². The summed E-state index contributed by atoms with van der Waals surface area (Å²) in [5.41, 5.74) is 0.772.